The second kappa shape index (κ2) is 9.37. The number of rotatable bonds is 4. The average molecular weight is 423 g/mol. The number of nitrogens with one attached hydrogen (secondary N) is 3. The van der Waals surface area contributed by atoms with Gasteiger partial charge in [-0.2, -0.15) is 0 Å². The fraction of sp³-hybridized carbons (Fsp3) is 0.350. The maximum Gasteiger partial charge on any atom is 0.255 e. The minimum atomic E-state index is -0.202. The topological polar surface area (TPSA) is 83.1 Å². The van der Waals surface area contributed by atoms with Gasteiger partial charge in [-0.1, -0.05) is 0 Å². The van der Waals surface area contributed by atoms with Gasteiger partial charge in [-0.3, -0.25) is 14.6 Å². The van der Waals surface area contributed by atoms with Crippen molar-refractivity contribution in [2.45, 2.75) is 19.3 Å². The van der Waals surface area contributed by atoms with Crippen molar-refractivity contribution in [1.82, 2.24) is 10.3 Å². The second-order valence-electron chi connectivity index (χ2n) is 7.13. The Labute approximate surface area is 176 Å². The number of hydrogen-bond donors (Lipinski definition) is 3. The summed E-state index contributed by atoms with van der Waals surface area (Å²) in [7, 11) is 0. The van der Waals surface area contributed by atoms with Crippen molar-refractivity contribution in [3.05, 3.63) is 54.4 Å². The zero-order chi connectivity index (χ0) is 18.0. The van der Waals surface area contributed by atoms with Crippen LogP contribution < -0.4 is 16.0 Å². The van der Waals surface area contributed by atoms with Gasteiger partial charge < -0.3 is 16.0 Å². The molecule has 1 aromatic carbocycles. The van der Waals surface area contributed by atoms with E-state index in [-0.39, 0.29) is 48.0 Å². The molecule has 0 radical (unpaired) electrons. The summed E-state index contributed by atoms with van der Waals surface area (Å²) in [5, 5.41) is 9.13. The molecule has 4 rings (SSSR count). The van der Waals surface area contributed by atoms with Gasteiger partial charge in [0.05, 0.1) is 11.9 Å². The van der Waals surface area contributed by atoms with Crippen molar-refractivity contribution >= 4 is 48.0 Å². The fourth-order valence-electron chi connectivity index (χ4n) is 3.77. The Bertz CT molecular complexity index is 809. The molecule has 1 aromatic heterocycles. The number of piperidine rings is 1. The molecule has 2 fully saturated rings. The predicted molar refractivity (Wildman–Crippen MR) is 114 cm³/mol. The standard InChI is InChI=1S/C20H22N4O2.2ClH/c25-18(24-16-2-1-9-22-13-16)14-3-5-15(6-4-14)23-19(26)17-12-20(17)7-10-21-11-8-20;;/h1-6,9,13,17,21H,7-8,10-12H2,(H,23,26)(H,24,25);2*1H. The summed E-state index contributed by atoms with van der Waals surface area (Å²) in [4.78, 5) is 28.7. The minimum Gasteiger partial charge on any atom is -0.326 e. The number of halogens is 2. The monoisotopic (exact) mass is 422 g/mol. The zero-order valence-corrected chi connectivity index (χ0v) is 16.9. The smallest absolute Gasteiger partial charge is 0.255 e. The van der Waals surface area contributed by atoms with Gasteiger partial charge in [0.2, 0.25) is 5.91 Å². The number of aromatic nitrogens is 1. The van der Waals surface area contributed by atoms with Gasteiger partial charge in [0.1, 0.15) is 0 Å². The lowest BCUT2D eigenvalue weighted by atomic mass is 9.92. The van der Waals surface area contributed by atoms with Gasteiger partial charge in [-0.05, 0) is 74.2 Å². The number of carbonyl (C=O) groups is 2. The number of pyridine rings is 1. The summed E-state index contributed by atoms with van der Waals surface area (Å²) in [6, 6.07) is 10.5. The molecule has 1 saturated carbocycles. The lowest BCUT2D eigenvalue weighted by Crippen LogP contribution is -2.31. The van der Waals surface area contributed by atoms with E-state index in [4.69, 9.17) is 0 Å². The van der Waals surface area contributed by atoms with Crippen LogP contribution in [0.25, 0.3) is 0 Å². The molecule has 2 aromatic rings. The number of hydrogen-bond acceptors (Lipinski definition) is 4. The van der Waals surface area contributed by atoms with Gasteiger partial charge >= 0.3 is 0 Å². The SMILES string of the molecule is Cl.Cl.O=C(Nc1cccnc1)c1ccc(NC(=O)C2CC23CCNCC3)cc1. The zero-order valence-electron chi connectivity index (χ0n) is 15.3. The molecule has 0 bridgehead atoms. The van der Waals surface area contributed by atoms with Crippen molar-refractivity contribution in [1.29, 1.82) is 0 Å². The Kier molecular flexibility index (Phi) is 7.41. The maximum absolute atomic E-state index is 12.5. The van der Waals surface area contributed by atoms with E-state index in [1.165, 1.54) is 0 Å². The first-order valence-corrected chi connectivity index (χ1v) is 8.99. The first kappa shape index (κ1) is 22.1. The van der Waals surface area contributed by atoms with Crippen LogP contribution in [0.5, 0.6) is 0 Å². The lowest BCUT2D eigenvalue weighted by molar-refractivity contribution is -0.118. The summed E-state index contributed by atoms with van der Waals surface area (Å²) in [5.41, 5.74) is 2.13. The Morgan fingerprint density at radius 1 is 1.00 bits per heavy atom. The molecule has 2 heterocycles. The number of benzene rings is 1. The van der Waals surface area contributed by atoms with Gasteiger partial charge in [-0.25, -0.2) is 0 Å². The van der Waals surface area contributed by atoms with Gasteiger partial charge in [-0.15, -0.1) is 24.8 Å². The molecular weight excluding hydrogens is 399 g/mol. The lowest BCUT2D eigenvalue weighted by Gasteiger charge is -2.23. The van der Waals surface area contributed by atoms with E-state index in [2.05, 4.69) is 20.9 Å². The molecule has 2 amide bonds. The number of nitrogens with zero attached hydrogens (tertiary/aromatic N) is 1. The van der Waals surface area contributed by atoms with Crippen LogP contribution in [0.1, 0.15) is 29.6 Å². The van der Waals surface area contributed by atoms with E-state index in [0.29, 0.717) is 11.3 Å². The van der Waals surface area contributed by atoms with Crippen molar-refractivity contribution < 1.29 is 9.59 Å². The Hall–Kier alpha value is -2.15. The Morgan fingerprint density at radius 2 is 1.71 bits per heavy atom. The molecule has 1 saturated heterocycles. The average Bonchev–Trinajstić information content (AvgIpc) is 3.36. The number of anilines is 2. The fourth-order valence-corrected chi connectivity index (χ4v) is 3.77. The highest BCUT2D eigenvalue weighted by molar-refractivity contribution is 6.04. The van der Waals surface area contributed by atoms with Crippen molar-refractivity contribution in [3.8, 4) is 0 Å². The molecule has 28 heavy (non-hydrogen) atoms. The van der Waals surface area contributed by atoms with Crippen LogP contribution in [-0.2, 0) is 4.79 Å². The third kappa shape index (κ3) is 4.82. The minimum absolute atomic E-state index is 0. The third-order valence-electron chi connectivity index (χ3n) is 5.44. The molecule has 8 heteroatoms. The van der Waals surface area contributed by atoms with E-state index in [1.807, 2.05) is 0 Å². The van der Waals surface area contributed by atoms with Crippen LogP contribution in [0.15, 0.2) is 48.8 Å². The maximum atomic E-state index is 12.5. The van der Waals surface area contributed by atoms with E-state index < -0.39 is 0 Å². The molecule has 2 aliphatic rings. The summed E-state index contributed by atoms with van der Waals surface area (Å²) < 4.78 is 0. The normalized spacial score (nSPS) is 18.9. The molecule has 1 aliphatic heterocycles. The van der Waals surface area contributed by atoms with E-state index >= 15 is 0 Å². The first-order chi connectivity index (χ1) is 12.7. The summed E-state index contributed by atoms with van der Waals surface area (Å²) in [5.74, 6) is 0.0179. The Balaban J connectivity index is 0.00000140. The second-order valence-corrected chi connectivity index (χ2v) is 7.13. The quantitative estimate of drug-likeness (QED) is 0.703. The highest BCUT2D eigenvalue weighted by Crippen LogP contribution is 2.58. The van der Waals surface area contributed by atoms with Crippen molar-refractivity contribution in [3.63, 3.8) is 0 Å². The molecule has 1 spiro atoms. The van der Waals surface area contributed by atoms with Crippen LogP contribution in [-0.4, -0.2) is 29.9 Å². The van der Waals surface area contributed by atoms with Crippen LogP contribution in [0.3, 0.4) is 0 Å². The van der Waals surface area contributed by atoms with Crippen molar-refractivity contribution in [2.24, 2.45) is 11.3 Å². The number of carbonyl (C=O) groups excluding carboxylic acids is 2. The van der Waals surface area contributed by atoms with E-state index in [1.54, 1.807) is 48.8 Å². The van der Waals surface area contributed by atoms with Crippen LogP contribution >= 0.6 is 24.8 Å². The van der Waals surface area contributed by atoms with Crippen LogP contribution in [0, 0.1) is 11.3 Å². The highest BCUT2D eigenvalue weighted by atomic mass is 35.5. The molecule has 3 N–H and O–H groups in total. The van der Waals surface area contributed by atoms with Crippen LogP contribution in [0.4, 0.5) is 11.4 Å². The molecule has 1 unspecified atom stereocenters. The van der Waals surface area contributed by atoms with Crippen LogP contribution in [0.2, 0.25) is 0 Å². The highest BCUT2D eigenvalue weighted by Gasteiger charge is 2.57. The van der Waals surface area contributed by atoms with Gasteiger partial charge in [0.25, 0.3) is 5.91 Å². The summed E-state index contributed by atoms with van der Waals surface area (Å²) in [6.07, 6.45) is 6.41. The van der Waals surface area contributed by atoms with Gasteiger partial charge in [0.15, 0.2) is 0 Å². The predicted octanol–water partition coefficient (Wildman–Crippen LogP) is 3.51. The number of amides is 2. The molecular formula is C20H24Cl2N4O2. The third-order valence-corrected chi connectivity index (χ3v) is 5.44. The first-order valence-electron chi connectivity index (χ1n) is 8.99. The summed E-state index contributed by atoms with van der Waals surface area (Å²) >= 11 is 0. The molecule has 1 aliphatic carbocycles. The van der Waals surface area contributed by atoms with Crippen molar-refractivity contribution in [2.75, 3.05) is 23.7 Å². The molecule has 1 atom stereocenters. The summed E-state index contributed by atoms with van der Waals surface area (Å²) in [6.45, 7) is 2.01. The van der Waals surface area contributed by atoms with Gasteiger partial charge in [0, 0.05) is 23.4 Å². The largest absolute Gasteiger partial charge is 0.326 e. The van der Waals surface area contributed by atoms with E-state index in [9.17, 15) is 9.59 Å². The Morgan fingerprint density at radius 3 is 2.36 bits per heavy atom. The molecule has 6 nitrogen and oxygen atoms in total. The van der Waals surface area contributed by atoms with E-state index in [0.717, 1.165) is 38.0 Å². The molecule has 150 valence electrons.